The summed E-state index contributed by atoms with van der Waals surface area (Å²) in [7, 11) is -3.53. The fraction of sp³-hybridized carbons (Fsp3) is 0.455. The number of halogens is 1. The summed E-state index contributed by atoms with van der Waals surface area (Å²) in [5.74, 6) is 2.02. The van der Waals surface area contributed by atoms with E-state index in [9.17, 15) is 8.42 Å². The molecule has 43 heavy (non-hydrogen) atoms. The van der Waals surface area contributed by atoms with Gasteiger partial charge in [-0.1, -0.05) is 36.2 Å². The van der Waals surface area contributed by atoms with Crippen LogP contribution in [0, 0.1) is 12.8 Å². The van der Waals surface area contributed by atoms with E-state index in [0.29, 0.717) is 41.2 Å². The van der Waals surface area contributed by atoms with Gasteiger partial charge in [0.2, 0.25) is 5.95 Å². The quantitative estimate of drug-likeness (QED) is 0.210. The second kappa shape index (κ2) is 12.8. The van der Waals surface area contributed by atoms with Crippen LogP contribution in [0.3, 0.4) is 0 Å². The first-order valence-corrected chi connectivity index (χ1v) is 17.0. The highest BCUT2D eigenvalue weighted by atomic mass is 35.5. The summed E-state index contributed by atoms with van der Waals surface area (Å²) in [4.78, 5) is 9.21. The van der Waals surface area contributed by atoms with Gasteiger partial charge in [-0.15, -0.1) is 0 Å². The number of nitrogens with zero attached hydrogens (tertiary/aromatic N) is 2. The van der Waals surface area contributed by atoms with E-state index in [1.165, 1.54) is 36.6 Å². The molecule has 3 N–H and O–H groups in total. The molecule has 0 saturated heterocycles. The largest absolute Gasteiger partial charge is 0.489 e. The molecular formula is C33H42ClN5O3S. The van der Waals surface area contributed by atoms with E-state index < -0.39 is 15.1 Å². The Morgan fingerprint density at radius 1 is 1.07 bits per heavy atom. The Kier molecular flexibility index (Phi) is 9.34. The first-order chi connectivity index (χ1) is 20.4. The highest BCUT2D eigenvalue weighted by Crippen LogP contribution is 2.39. The molecule has 2 aliphatic rings. The molecule has 0 amide bonds. The molecule has 2 atom stereocenters. The van der Waals surface area contributed by atoms with Gasteiger partial charge in [0.15, 0.2) is 15.7 Å². The number of ether oxygens (including phenoxy) is 1. The molecule has 1 aromatic heterocycles. The van der Waals surface area contributed by atoms with E-state index in [1.807, 2.05) is 13.8 Å². The molecule has 2 heterocycles. The Labute approximate surface area is 260 Å². The number of nitrogens with one attached hydrogen (secondary N) is 3. The van der Waals surface area contributed by atoms with Crippen LogP contribution in [-0.2, 0) is 9.84 Å². The molecule has 8 nitrogen and oxygen atoms in total. The van der Waals surface area contributed by atoms with Crippen molar-refractivity contribution in [1.29, 1.82) is 0 Å². The van der Waals surface area contributed by atoms with Crippen molar-refractivity contribution in [3.63, 3.8) is 0 Å². The average molecular weight is 624 g/mol. The minimum atomic E-state index is -3.53. The molecular weight excluding hydrogens is 582 g/mol. The predicted octanol–water partition coefficient (Wildman–Crippen LogP) is 7.83. The fourth-order valence-corrected chi connectivity index (χ4v) is 6.98. The Hall–Kier alpha value is -3.14. The summed E-state index contributed by atoms with van der Waals surface area (Å²) < 4.78 is 32.3. The van der Waals surface area contributed by atoms with Gasteiger partial charge in [0.25, 0.3) is 0 Å². The van der Waals surface area contributed by atoms with Crippen LogP contribution in [0.1, 0.15) is 71.4 Å². The minimum Gasteiger partial charge on any atom is -0.489 e. The zero-order valence-electron chi connectivity index (χ0n) is 25.7. The molecule has 5 rings (SSSR count). The van der Waals surface area contributed by atoms with Crippen LogP contribution >= 0.6 is 11.6 Å². The maximum absolute atomic E-state index is 13.0. The molecule has 2 aromatic carbocycles. The molecule has 1 fully saturated rings. The summed E-state index contributed by atoms with van der Waals surface area (Å²) >= 11 is 6.47. The number of aromatic nitrogens is 2. The van der Waals surface area contributed by atoms with Gasteiger partial charge >= 0.3 is 0 Å². The zero-order chi connectivity index (χ0) is 30.9. The van der Waals surface area contributed by atoms with Crippen LogP contribution in [0.5, 0.6) is 5.75 Å². The van der Waals surface area contributed by atoms with Gasteiger partial charge < -0.3 is 20.7 Å². The molecule has 1 aliphatic carbocycles. The highest BCUT2D eigenvalue weighted by Gasteiger charge is 2.30. The van der Waals surface area contributed by atoms with Crippen molar-refractivity contribution < 1.29 is 13.2 Å². The van der Waals surface area contributed by atoms with Gasteiger partial charge in [0, 0.05) is 12.1 Å². The number of para-hydroxylation sites is 1. The number of rotatable bonds is 10. The summed E-state index contributed by atoms with van der Waals surface area (Å²) in [6.07, 6.45) is 8.73. The predicted molar refractivity (Wildman–Crippen MR) is 176 cm³/mol. The fourth-order valence-electron chi connectivity index (χ4n) is 5.64. The molecule has 1 saturated carbocycles. The van der Waals surface area contributed by atoms with Gasteiger partial charge in [-0.2, -0.15) is 4.98 Å². The van der Waals surface area contributed by atoms with E-state index in [1.54, 1.807) is 38.1 Å². The SMILES string of the molecule is Cc1cc(Nc2ncc(Cl)c(Nc3ccccc3S(=O)(=O)C(C)C)n2)c(OC(C)C)cc1C1=C[C@@H](C2CCC2)N[C@@H](C)C1. The third-order valence-electron chi connectivity index (χ3n) is 8.13. The second-order valence-corrected chi connectivity index (χ2v) is 15.1. The third kappa shape index (κ3) is 7.00. The van der Waals surface area contributed by atoms with Crippen molar-refractivity contribution in [2.24, 2.45) is 5.92 Å². The summed E-state index contributed by atoms with van der Waals surface area (Å²) in [6.45, 7) is 11.7. The molecule has 3 aromatic rings. The van der Waals surface area contributed by atoms with Crippen molar-refractivity contribution in [1.82, 2.24) is 15.3 Å². The number of hydrogen-bond donors (Lipinski definition) is 3. The van der Waals surface area contributed by atoms with E-state index in [-0.39, 0.29) is 16.0 Å². The highest BCUT2D eigenvalue weighted by molar-refractivity contribution is 7.92. The van der Waals surface area contributed by atoms with Crippen molar-refractivity contribution in [2.75, 3.05) is 10.6 Å². The first kappa shape index (κ1) is 31.3. The van der Waals surface area contributed by atoms with Crippen LogP contribution in [0.4, 0.5) is 23.1 Å². The maximum atomic E-state index is 13.0. The van der Waals surface area contributed by atoms with Crippen LogP contribution < -0.4 is 20.7 Å². The lowest BCUT2D eigenvalue weighted by atomic mass is 9.76. The first-order valence-electron chi connectivity index (χ1n) is 15.1. The number of sulfone groups is 1. The van der Waals surface area contributed by atoms with Gasteiger partial charge in [0.05, 0.1) is 33.8 Å². The smallest absolute Gasteiger partial charge is 0.229 e. The van der Waals surface area contributed by atoms with Gasteiger partial charge in [-0.25, -0.2) is 13.4 Å². The number of aryl methyl sites for hydroxylation is 1. The van der Waals surface area contributed by atoms with Crippen molar-refractivity contribution in [2.45, 2.75) is 95.6 Å². The average Bonchev–Trinajstić information content (AvgIpc) is 2.90. The summed E-state index contributed by atoms with van der Waals surface area (Å²) in [5, 5.41) is 9.92. The number of hydrogen-bond acceptors (Lipinski definition) is 8. The molecule has 0 radical (unpaired) electrons. The van der Waals surface area contributed by atoms with Crippen LogP contribution in [0.2, 0.25) is 5.02 Å². The normalized spacial score (nSPS) is 19.2. The topological polar surface area (TPSA) is 105 Å². The lowest BCUT2D eigenvalue weighted by Gasteiger charge is -2.38. The standard InChI is InChI=1S/C33H42ClN5O3S/c1-19(2)42-30-17-25(24-15-22(6)36-28(16-24)23-10-9-11-23)21(5)14-29(30)38-33-35-18-26(34)32(39-33)37-27-12-7-8-13-31(27)43(40,41)20(3)4/h7-8,12-14,16-20,22-23,28,36H,9-11,15H2,1-6H3,(H2,35,37,38,39)/t22-,28-/m0/s1. The van der Waals surface area contributed by atoms with E-state index in [4.69, 9.17) is 16.3 Å². The van der Waals surface area contributed by atoms with Crippen molar-refractivity contribution in [3.05, 3.63) is 64.8 Å². The summed E-state index contributed by atoms with van der Waals surface area (Å²) in [6, 6.07) is 11.8. The lowest BCUT2D eigenvalue weighted by molar-refractivity contribution is 0.242. The molecule has 10 heteroatoms. The van der Waals surface area contributed by atoms with Crippen LogP contribution in [-0.4, -0.2) is 41.8 Å². The van der Waals surface area contributed by atoms with E-state index in [0.717, 1.165) is 17.7 Å². The number of benzene rings is 2. The Morgan fingerprint density at radius 2 is 1.81 bits per heavy atom. The van der Waals surface area contributed by atoms with Crippen molar-refractivity contribution >= 4 is 50.2 Å². The third-order valence-corrected chi connectivity index (χ3v) is 10.6. The molecule has 1 aliphatic heterocycles. The van der Waals surface area contributed by atoms with Crippen LogP contribution in [0.25, 0.3) is 5.57 Å². The van der Waals surface area contributed by atoms with Gasteiger partial charge in [-0.3, -0.25) is 0 Å². The zero-order valence-corrected chi connectivity index (χ0v) is 27.3. The summed E-state index contributed by atoms with van der Waals surface area (Å²) in [5.41, 5.74) is 4.82. The molecule has 0 bridgehead atoms. The number of anilines is 4. The minimum absolute atomic E-state index is 0.0393. The monoisotopic (exact) mass is 623 g/mol. The maximum Gasteiger partial charge on any atom is 0.229 e. The van der Waals surface area contributed by atoms with E-state index >= 15 is 0 Å². The Morgan fingerprint density at radius 3 is 2.49 bits per heavy atom. The Bertz CT molecular complexity index is 1620. The molecule has 230 valence electrons. The van der Waals surface area contributed by atoms with Gasteiger partial charge in [-0.05, 0) is 108 Å². The van der Waals surface area contributed by atoms with Crippen LogP contribution in [0.15, 0.2) is 53.6 Å². The second-order valence-electron chi connectivity index (χ2n) is 12.2. The molecule has 0 unspecified atom stereocenters. The van der Waals surface area contributed by atoms with E-state index in [2.05, 4.69) is 58.0 Å². The molecule has 0 spiro atoms. The van der Waals surface area contributed by atoms with Gasteiger partial charge in [0.1, 0.15) is 10.8 Å². The van der Waals surface area contributed by atoms with Crippen molar-refractivity contribution in [3.8, 4) is 5.75 Å². The lowest BCUT2D eigenvalue weighted by Crippen LogP contribution is -2.45. The Balaban J connectivity index is 1.46.